The van der Waals surface area contributed by atoms with Gasteiger partial charge in [0.25, 0.3) is 0 Å². The van der Waals surface area contributed by atoms with E-state index in [0.29, 0.717) is 6.54 Å². The van der Waals surface area contributed by atoms with Gasteiger partial charge in [-0.2, -0.15) is 0 Å². The molecule has 0 aromatic carbocycles. The number of hydrogen-bond acceptors (Lipinski definition) is 4. The number of imidazole rings is 1. The Morgan fingerprint density at radius 2 is 1.93 bits per heavy atom. The van der Waals surface area contributed by atoms with Crippen LogP contribution in [0.2, 0.25) is 0 Å². The van der Waals surface area contributed by atoms with E-state index in [2.05, 4.69) is 15.0 Å². The zero-order valence-electron chi connectivity index (χ0n) is 8.81. The first-order valence-electron chi connectivity index (χ1n) is 4.75. The molecular formula is C10H13N5. The van der Waals surface area contributed by atoms with E-state index in [-0.39, 0.29) is 0 Å². The summed E-state index contributed by atoms with van der Waals surface area (Å²) in [4.78, 5) is 12.7. The Balaban J connectivity index is 2.58. The Kier molecular flexibility index (Phi) is 2.47. The summed E-state index contributed by atoms with van der Waals surface area (Å²) in [6.45, 7) is 4.33. The normalized spacial score (nSPS) is 10.6. The largest absolute Gasteiger partial charge is 0.325 e. The minimum absolute atomic E-state index is 0.375. The van der Waals surface area contributed by atoms with Gasteiger partial charge in [0.2, 0.25) is 0 Å². The minimum Gasteiger partial charge on any atom is -0.325 e. The first-order chi connectivity index (χ1) is 7.24. The Morgan fingerprint density at radius 1 is 1.20 bits per heavy atom. The maximum Gasteiger partial charge on any atom is 0.161 e. The molecule has 0 saturated heterocycles. The van der Waals surface area contributed by atoms with Crippen LogP contribution in [0.25, 0.3) is 5.82 Å². The molecule has 0 spiro atoms. The molecule has 15 heavy (non-hydrogen) atoms. The van der Waals surface area contributed by atoms with Crippen molar-refractivity contribution in [1.29, 1.82) is 0 Å². The van der Waals surface area contributed by atoms with Crippen molar-refractivity contribution in [2.45, 2.75) is 20.4 Å². The maximum atomic E-state index is 5.61. The summed E-state index contributed by atoms with van der Waals surface area (Å²) in [5.74, 6) is 0.762. The Labute approximate surface area is 88.0 Å². The number of aromatic nitrogens is 4. The second-order valence-electron chi connectivity index (χ2n) is 3.32. The van der Waals surface area contributed by atoms with E-state index in [0.717, 1.165) is 22.9 Å². The quantitative estimate of drug-likeness (QED) is 0.781. The molecule has 78 valence electrons. The van der Waals surface area contributed by atoms with Crippen molar-refractivity contribution in [3.05, 3.63) is 35.8 Å². The van der Waals surface area contributed by atoms with Crippen LogP contribution in [-0.2, 0) is 6.54 Å². The molecule has 2 heterocycles. The van der Waals surface area contributed by atoms with Crippen molar-refractivity contribution in [2.75, 3.05) is 0 Å². The lowest BCUT2D eigenvalue weighted by atomic mass is 10.3. The van der Waals surface area contributed by atoms with Crippen LogP contribution in [-0.4, -0.2) is 19.5 Å². The average molecular weight is 203 g/mol. The van der Waals surface area contributed by atoms with Crippen LogP contribution < -0.4 is 5.73 Å². The molecule has 2 aromatic heterocycles. The average Bonchev–Trinajstić information content (AvgIpc) is 2.60. The van der Waals surface area contributed by atoms with E-state index in [1.165, 1.54) is 0 Å². The molecule has 0 fully saturated rings. The highest BCUT2D eigenvalue weighted by Crippen LogP contribution is 2.13. The molecule has 0 bridgehead atoms. The molecule has 0 aliphatic carbocycles. The van der Waals surface area contributed by atoms with Crippen molar-refractivity contribution >= 4 is 0 Å². The fourth-order valence-electron chi connectivity index (χ4n) is 1.42. The van der Waals surface area contributed by atoms with Crippen molar-refractivity contribution in [3.8, 4) is 5.82 Å². The van der Waals surface area contributed by atoms with Crippen molar-refractivity contribution in [1.82, 2.24) is 19.5 Å². The lowest BCUT2D eigenvalue weighted by Crippen LogP contribution is -2.09. The van der Waals surface area contributed by atoms with E-state index < -0.39 is 0 Å². The zero-order valence-corrected chi connectivity index (χ0v) is 8.81. The van der Waals surface area contributed by atoms with E-state index in [1.54, 1.807) is 18.7 Å². The number of nitrogens with zero attached hydrogens (tertiary/aromatic N) is 4. The second kappa shape index (κ2) is 3.78. The molecule has 0 aliphatic heterocycles. The standard InChI is InChI=1S/C10H13N5/c1-7-8(2)15(6-14-7)10-9(5-11)12-3-4-13-10/h3-4,6H,5,11H2,1-2H3. The molecule has 2 aromatic rings. The topological polar surface area (TPSA) is 69.6 Å². The number of hydrogen-bond donors (Lipinski definition) is 1. The summed E-state index contributed by atoms with van der Waals surface area (Å²) < 4.78 is 1.91. The van der Waals surface area contributed by atoms with Gasteiger partial charge in [0.15, 0.2) is 5.82 Å². The molecule has 0 atom stereocenters. The molecule has 0 unspecified atom stereocenters. The minimum atomic E-state index is 0.375. The summed E-state index contributed by atoms with van der Waals surface area (Å²) in [6, 6.07) is 0. The molecule has 2 N–H and O–H groups in total. The van der Waals surface area contributed by atoms with Crippen LogP contribution >= 0.6 is 0 Å². The van der Waals surface area contributed by atoms with Gasteiger partial charge in [-0.3, -0.25) is 9.55 Å². The highest BCUT2D eigenvalue weighted by atomic mass is 15.1. The summed E-state index contributed by atoms with van der Waals surface area (Å²) >= 11 is 0. The third-order valence-electron chi connectivity index (χ3n) is 2.43. The Hall–Kier alpha value is -1.75. The van der Waals surface area contributed by atoms with Crippen molar-refractivity contribution in [2.24, 2.45) is 5.73 Å². The molecule has 0 amide bonds. The second-order valence-corrected chi connectivity index (χ2v) is 3.32. The van der Waals surface area contributed by atoms with Crippen molar-refractivity contribution in [3.63, 3.8) is 0 Å². The predicted octanol–water partition coefficient (Wildman–Crippen LogP) is 0.738. The van der Waals surface area contributed by atoms with Gasteiger partial charge in [0, 0.05) is 24.6 Å². The SMILES string of the molecule is Cc1ncn(-c2nccnc2CN)c1C. The van der Waals surface area contributed by atoms with Crippen LogP contribution in [0, 0.1) is 13.8 Å². The molecule has 5 nitrogen and oxygen atoms in total. The van der Waals surface area contributed by atoms with Crippen LogP contribution in [0.5, 0.6) is 0 Å². The molecule has 0 aliphatic rings. The first kappa shape index (κ1) is 9.79. The fourth-order valence-corrected chi connectivity index (χ4v) is 1.42. The van der Waals surface area contributed by atoms with E-state index in [4.69, 9.17) is 5.73 Å². The van der Waals surface area contributed by atoms with Gasteiger partial charge in [-0.15, -0.1) is 0 Å². The van der Waals surface area contributed by atoms with Gasteiger partial charge < -0.3 is 5.73 Å². The number of rotatable bonds is 2. The van der Waals surface area contributed by atoms with Crippen LogP contribution in [0.3, 0.4) is 0 Å². The highest BCUT2D eigenvalue weighted by molar-refractivity contribution is 5.31. The number of aryl methyl sites for hydroxylation is 1. The predicted molar refractivity (Wildman–Crippen MR) is 56.5 cm³/mol. The van der Waals surface area contributed by atoms with Gasteiger partial charge in [-0.1, -0.05) is 0 Å². The summed E-state index contributed by atoms with van der Waals surface area (Å²) in [6.07, 6.45) is 5.04. The summed E-state index contributed by atoms with van der Waals surface area (Å²) in [7, 11) is 0. The fraction of sp³-hybridized carbons (Fsp3) is 0.300. The molecule has 5 heteroatoms. The molecule has 0 saturated carbocycles. The van der Waals surface area contributed by atoms with Gasteiger partial charge in [0.1, 0.15) is 6.33 Å². The Morgan fingerprint density at radius 3 is 2.53 bits per heavy atom. The monoisotopic (exact) mass is 203 g/mol. The molecular weight excluding hydrogens is 190 g/mol. The van der Waals surface area contributed by atoms with Gasteiger partial charge in [0.05, 0.1) is 11.4 Å². The first-order valence-corrected chi connectivity index (χ1v) is 4.75. The lowest BCUT2D eigenvalue weighted by molar-refractivity contribution is 0.866. The summed E-state index contributed by atoms with van der Waals surface area (Å²) in [5, 5.41) is 0. The lowest BCUT2D eigenvalue weighted by Gasteiger charge is -2.07. The smallest absolute Gasteiger partial charge is 0.161 e. The van der Waals surface area contributed by atoms with Gasteiger partial charge in [-0.05, 0) is 13.8 Å². The van der Waals surface area contributed by atoms with E-state index in [1.807, 2.05) is 18.4 Å². The number of nitrogens with two attached hydrogens (primary N) is 1. The molecule has 2 rings (SSSR count). The van der Waals surface area contributed by atoms with Gasteiger partial charge in [-0.25, -0.2) is 9.97 Å². The third kappa shape index (κ3) is 1.61. The van der Waals surface area contributed by atoms with Crippen LogP contribution in [0.1, 0.15) is 17.1 Å². The van der Waals surface area contributed by atoms with Crippen LogP contribution in [0.4, 0.5) is 0 Å². The molecule has 0 radical (unpaired) electrons. The van der Waals surface area contributed by atoms with Gasteiger partial charge >= 0.3 is 0 Å². The van der Waals surface area contributed by atoms with E-state index >= 15 is 0 Å². The van der Waals surface area contributed by atoms with Crippen molar-refractivity contribution < 1.29 is 0 Å². The van der Waals surface area contributed by atoms with E-state index in [9.17, 15) is 0 Å². The highest BCUT2D eigenvalue weighted by Gasteiger charge is 2.09. The Bertz CT molecular complexity index is 474. The maximum absolute atomic E-state index is 5.61. The third-order valence-corrected chi connectivity index (χ3v) is 2.43. The summed E-state index contributed by atoms with van der Waals surface area (Å²) in [5.41, 5.74) is 8.43. The zero-order chi connectivity index (χ0) is 10.8. The van der Waals surface area contributed by atoms with Crippen LogP contribution in [0.15, 0.2) is 18.7 Å².